The Morgan fingerprint density at radius 2 is 1.90 bits per heavy atom. The third kappa shape index (κ3) is 3.30. The van der Waals surface area contributed by atoms with Crippen molar-refractivity contribution in [2.24, 2.45) is 0 Å². The van der Waals surface area contributed by atoms with Crippen molar-refractivity contribution in [3.8, 4) is 5.75 Å². The highest BCUT2D eigenvalue weighted by atomic mass is 79.9. The number of halogens is 3. The molecule has 2 aromatic rings. The first-order chi connectivity index (χ1) is 9.47. The van der Waals surface area contributed by atoms with Crippen LogP contribution >= 0.6 is 15.9 Å². The molecule has 0 saturated carbocycles. The van der Waals surface area contributed by atoms with Gasteiger partial charge in [0.1, 0.15) is 6.61 Å². The van der Waals surface area contributed by atoms with Crippen LogP contribution in [-0.2, 0) is 6.61 Å². The third-order valence-corrected chi connectivity index (χ3v) is 2.99. The molecule has 0 atom stereocenters. The van der Waals surface area contributed by atoms with Gasteiger partial charge in [0.2, 0.25) is 5.82 Å². The van der Waals surface area contributed by atoms with Crippen molar-refractivity contribution < 1.29 is 18.4 Å². The average Bonchev–Trinajstić information content (AvgIpc) is 2.39. The summed E-state index contributed by atoms with van der Waals surface area (Å²) in [7, 11) is 0. The SMILES string of the molecule is O=[N+]([O-])c1ccc(COc2cc(Br)ccc2F)cc1F. The van der Waals surface area contributed by atoms with E-state index in [4.69, 9.17) is 4.74 Å². The van der Waals surface area contributed by atoms with E-state index >= 15 is 0 Å². The predicted molar refractivity (Wildman–Crippen MR) is 71.5 cm³/mol. The topological polar surface area (TPSA) is 52.4 Å². The third-order valence-electron chi connectivity index (χ3n) is 2.50. The molecule has 2 rings (SSSR count). The molecule has 0 saturated heterocycles. The van der Waals surface area contributed by atoms with E-state index in [1.54, 1.807) is 0 Å². The summed E-state index contributed by atoms with van der Waals surface area (Å²) in [4.78, 5) is 9.66. The Hall–Kier alpha value is -2.02. The number of nitro groups is 1. The van der Waals surface area contributed by atoms with Crippen LogP contribution in [0.3, 0.4) is 0 Å². The molecule has 4 nitrogen and oxygen atoms in total. The largest absolute Gasteiger partial charge is 0.486 e. The number of rotatable bonds is 4. The Morgan fingerprint density at radius 3 is 2.55 bits per heavy atom. The van der Waals surface area contributed by atoms with E-state index in [1.807, 2.05) is 0 Å². The molecule has 0 aliphatic rings. The summed E-state index contributed by atoms with van der Waals surface area (Å²) in [6.07, 6.45) is 0. The molecule has 104 valence electrons. The molecular formula is C13H8BrF2NO3. The molecule has 0 aromatic heterocycles. The smallest absolute Gasteiger partial charge is 0.304 e. The van der Waals surface area contributed by atoms with Gasteiger partial charge in [-0.15, -0.1) is 0 Å². The first kappa shape index (κ1) is 14.4. The predicted octanol–water partition coefficient (Wildman–Crippen LogP) is 4.21. The van der Waals surface area contributed by atoms with Crippen LogP contribution in [-0.4, -0.2) is 4.92 Å². The van der Waals surface area contributed by atoms with Gasteiger partial charge in [-0.05, 0) is 35.9 Å². The summed E-state index contributed by atoms with van der Waals surface area (Å²) < 4.78 is 32.7. The molecule has 0 fully saturated rings. The monoisotopic (exact) mass is 343 g/mol. The number of nitro benzene ring substituents is 1. The average molecular weight is 344 g/mol. The number of hydrogen-bond donors (Lipinski definition) is 0. The molecule has 20 heavy (non-hydrogen) atoms. The number of ether oxygens (including phenoxy) is 1. The molecule has 0 bridgehead atoms. The van der Waals surface area contributed by atoms with Gasteiger partial charge >= 0.3 is 5.69 Å². The van der Waals surface area contributed by atoms with E-state index in [0.717, 1.165) is 12.1 Å². The van der Waals surface area contributed by atoms with Crippen molar-refractivity contribution in [1.82, 2.24) is 0 Å². The molecule has 0 heterocycles. The van der Waals surface area contributed by atoms with E-state index in [1.165, 1.54) is 24.3 Å². The normalized spacial score (nSPS) is 10.3. The maximum Gasteiger partial charge on any atom is 0.304 e. The molecule has 0 unspecified atom stereocenters. The highest BCUT2D eigenvalue weighted by Crippen LogP contribution is 2.24. The quantitative estimate of drug-likeness (QED) is 0.617. The first-order valence-corrected chi connectivity index (χ1v) is 6.27. The standard InChI is InChI=1S/C13H8BrF2NO3/c14-9-2-3-10(15)13(6-9)20-7-8-1-4-12(17(18)19)11(16)5-8/h1-6H,7H2. The van der Waals surface area contributed by atoms with Crippen LogP contribution in [0.15, 0.2) is 40.9 Å². The van der Waals surface area contributed by atoms with Gasteiger partial charge in [-0.2, -0.15) is 4.39 Å². The molecule has 0 aliphatic carbocycles. The van der Waals surface area contributed by atoms with Crippen LogP contribution in [0.25, 0.3) is 0 Å². The minimum atomic E-state index is -0.953. The Kier molecular flexibility index (Phi) is 4.29. The lowest BCUT2D eigenvalue weighted by molar-refractivity contribution is -0.387. The van der Waals surface area contributed by atoms with E-state index in [2.05, 4.69) is 15.9 Å². The zero-order valence-corrected chi connectivity index (χ0v) is 11.6. The summed E-state index contributed by atoms with van der Waals surface area (Å²) in [6.45, 7) is -0.0950. The van der Waals surface area contributed by atoms with Gasteiger partial charge in [0.15, 0.2) is 11.6 Å². The van der Waals surface area contributed by atoms with E-state index in [-0.39, 0.29) is 12.4 Å². The van der Waals surface area contributed by atoms with Crippen LogP contribution in [0.5, 0.6) is 5.75 Å². The van der Waals surface area contributed by atoms with Gasteiger partial charge in [-0.1, -0.05) is 15.9 Å². The van der Waals surface area contributed by atoms with Gasteiger partial charge in [0.25, 0.3) is 0 Å². The minimum Gasteiger partial charge on any atom is -0.486 e. The fraction of sp³-hybridized carbons (Fsp3) is 0.0769. The van der Waals surface area contributed by atoms with Gasteiger partial charge in [-0.25, -0.2) is 4.39 Å². The van der Waals surface area contributed by atoms with E-state index in [9.17, 15) is 18.9 Å². The Bertz CT molecular complexity index is 664. The lowest BCUT2D eigenvalue weighted by Crippen LogP contribution is -1.99. The minimum absolute atomic E-state index is 0.0122. The Morgan fingerprint density at radius 1 is 1.15 bits per heavy atom. The molecule has 7 heteroatoms. The van der Waals surface area contributed by atoms with E-state index < -0.39 is 22.2 Å². The van der Waals surface area contributed by atoms with Gasteiger partial charge in [0, 0.05) is 10.5 Å². The molecular weight excluding hydrogens is 336 g/mol. The molecule has 0 N–H and O–H groups in total. The van der Waals surface area contributed by atoms with Crippen molar-refractivity contribution in [3.63, 3.8) is 0 Å². The summed E-state index contributed by atoms with van der Waals surface area (Å²) in [5.74, 6) is -1.49. The second-order valence-corrected chi connectivity index (χ2v) is 4.82. The molecule has 0 aliphatic heterocycles. The maximum absolute atomic E-state index is 13.4. The van der Waals surface area contributed by atoms with Crippen molar-refractivity contribution in [2.45, 2.75) is 6.61 Å². The lowest BCUT2D eigenvalue weighted by atomic mass is 10.2. The van der Waals surface area contributed by atoms with Crippen molar-refractivity contribution in [3.05, 3.63) is 68.2 Å². The molecule has 0 spiro atoms. The second-order valence-electron chi connectivity index (χ2n) is 3.91. The number of hydrogen-bond acceptors (Lipinski definition) is 3. The number of benzene rings is 2. The van der Waals surface area contributed by atoms with Crippen LogP contribution < -0.4 is 4.74 Å². The molecule has 0 radical (unpaired) electrons. The van der Waals surface area contributed by atoms with Gasteiger partial charge in [0.05, 0.1) is 4.92 Å². The molecule has 2 aromatic carbocycles. The fourth-order valence-electron chi connectivity index (χ4n) is 1.54. The van der Waals surface area contributed by atoms with Crippen molar-refractivity contribution in [2.75, 3.05) is 0 Å². The summed E-state index contributed by atoms with van der Waals surface area (Å²) >= 11 is 3.18. The summed E-state index contributed by atoms with van der Waals surface area (Å²) in [5, 5.41) is 10.5. The van der Waals surface area contributed by atoms with Crippen molar-refractivity contribution in [1.29, 1.82) is 0 Å². The van der Waals surface area contributed by atoms with Crippen LogP contribution in [0.2, 0.25) is 0 Å². The maximum atomic E-state index is 13.4. The summed E-state index contributed by atoms with van der Waals surface area (Å²) in [6, 6.07) is 7.59. The van der Waals surface area contributed by atoms with Crippen LogP contribution in [0.1, 0.15) is 5.56 Å². The highest BCUT2D eigenvalue weighted by Gasteiger charge is 2.14. The van der Waals surface area contributed by atoms with Crippen LogP contribution in [0.4, 0.5) is 14.5 Å². The highest BCUT2D eigenvalue weighted by molar-refractivity contribution is 9.10. The fourth-order valence-corrected chi connectivity index (χ4v) is 1.88. The Labute approximate surface area is 121 Å². The zero-order valence-electron chi connectivity index (χ0n) is 9.98. The first-order valence-electron chi connectivity index (χ1n) is 5.48. The van der Waals surface area contributed by atoms with E-state index in [0.29, 0.717) is 10.0 Å². The second kappa shape index (κ2) is 5.96. The van der Waals surface area contributed by atoms with Gasteiger partial charge in [-0.3, -0.25) is 10.1 Å². The Balaban J connectivity index is 2.13. The van der Waals surface area contributed by atoms with Crippen molar-refractivity contribution >= 4 is 21.6 Å². The number of nitrogens with zero attached hydrogens (tertiary/aromatic N) is 1. The zero-order chi connectivity index (χ0) is 14.7. The van der Waals surface area contributed by atoms with Crippen LogP contribution in [0, 0.1) is 21.7 Å². The van der Waals surface area contributed by atoms with Gasteiger partial charge < -0.3 is 4.74 Å². The molecule has 0 amide bonds. The lowest BCUT2D eigenvalue weighted by Gasteiger charge is -2.08. The summed E-state index contributed by atoms with van der Waals surface area (Å²) in [5.41, 5.74) is -0.241.